The summed E-state index contributed by atoms with van der Waals surface area (Å²) in [6.07, 6.45) is 0.460. The Labute approximate surface area is 372 Å². The average Bonchev–Trinajstić information content (AvgIpc) is 3.29. The number of hydrogen-bond donors (Lipinski definition) is 6. The number of hydrogen-bond acceptors (Lipinski definition) is 13. The van der Waals surface area contributed by atoms with Gasteiger partial charge in [-0.1, -0.05) is 36.4 Å². The molecule has 0 unspecified atom stereocenters. The lowest BCUT2D eigenvalue weighted by molar-refractivity contribution is -0.139. The molecule has 0 atom stereocenters. The first-order valence-electron chi connectivity index (χ1n) is 20.4. The van der Waals surface area contributed by atoms with Crippen molar-refractivity contribution in [2.75, 3.05) is 42.7 Å². The van der Waals surface area contributed by atoms with Crippen LogP contribution in [0.25, 0.3) is 0 Å². The van der Waals surface area contributed by atoms with Crippen molar-refractivity contribution in [2.24, 2.45) is 10.8 Å². The second kappa shape index (κ2) is 19.7. The number of phenols is 6. The molecule has 0 heterocycles. The Morgan fingerprint density at radius 3 is 0.625 bits per heavy atom. The summed E-state index contributed by atoms with van der Waals surface area (Å²) in [5.74, 6) is 0.437. The number of benzene rings is 6. The fourth-order valence-corrected chi connectivity index (χ4v) is 8.76. The molecule has 0 aliphatic carbocycles. The highest BCUT2D eigenvalue weighted by molar-refractivity contribution is 5.92. The Morgan fingerprint density at radius 2 is 0.484 bits per heavy atom. The molecule has 0 radical (unpaired) electrons. The van der Waals surface area contributed by atoms with Crippen molar-refractivity contribution in [3.63, 3.8) is 0 Å². The third-order valence-electron chi connectivity index (χ3n) is 11.7. The molecule has 13 heteroatoms. The molecule has 6 aromatic carbocycles. The summed E-state index contributed by atoms with van der Waals surface area (Å²) in [4.78, 5) is 17.2. The van der Waals surface area contributed by atoms with Crippen LogP contribution in [0, 0.1) is 10.8 Å². The minimum atomic E-state index is -1.42. The number of ketones is 1. The monoisotopic (exact) mass is 874 g/mol. The predicted molar refractivity (Wildman–Crippen MR) is 240 cm³/mol. The van der Waals surface area contributed by atoms with E-state index in [1.54, 1.807) is 72.8 Å². The van der Waals surface area contributed by atoms with Crippen LogP contribution in [-0.2, 0) is 43.3 Å². The predicted octanol–water partition coefficient (Wildman–Crippen LogP) is 8.27. The summed E-state index contributed by atoms with van der Waals surface area (Å²) in [7, 11) is 8.65. The maximum atomic E-state index is 17.2. The molecule has 6 rings (SSSR count). The van der Waals surface area contributed by atoms with Crippen LogP contribution in [0.1, 0.15) is 33.4 Å². The zero-order valence-corrected chi connectivity index (χ0v) is 36.7. The number of ether oxygens (including phenoxy) is 6. The maximum Gasteiger partial charge on any atom is 0.160 e. The summed E-state index contributed by atoms with van der Waals surface area (Å²) in [5, 5.41) is 64.4. The van der Waals surface area contributed by atoms with Crippen molar-refractivity contribution in [3.8, 4) is 69.0 Å². The molecule has 0 aliphatic rings. The van der Waals surface area contributed by atoms with Crippen LogP contribution in [0.3, 0.4) is 0 Å². The minimum absolute atomic E-state index is 0.0767. The highest BCUT2D eigenvalue weighted by Crippen LogP contribution is 2.48. The van der Waals surface area contributed by atoms with E-state index in [1.807, 2.05) is 0 Å². The molecule has 0 aromatic heterocycles. The Morgan fingerprint density at radius 1 is 0.328 bits per heavy atom. The fraction of sp³-hybridized carbons (Fsp3) is 0.275. The Hall–Kier alpha value is -7.41. The zero-order chi connectivity index (χ0) is 46.2. The third-order valence-corrected chi connectivity index (χ3v) is 11.7. The number of aromatic hydroxyl groups is 6. The largest absolute Gasteiger partial charge is 0.504 e. The second-order valence-corrected chi connectivity index (χ2v) is 16.0. The van der Waals surface area contributed by atoms with Crippen molar-refractivity contribution in [1.29, 1.82) is 0 Å². The highest BCUT2D eigenvalue weighted by Gasteiger charge is 2.51. The van der Waals surface area contributed by atoms with Gasteiger partial charge in [0.1, 0.15) is 5.78 Å². The molecule has 6 N–H and O–H groups in total. The van der Waals surface area contributed by atoms with E-state index in [9.17, 15) is 30.6 Å². The topological polar surface area (TPSA) is 194 Å². The summed E-state index contributed by atoms with van der Waals surface area (Å²) in [6.45, 7) is 0. The van der Waals surface area contributed by atoms with Crippen LogP contribution >= 0.6 is 0 Å². The molecular formula is C51H54O13. The van der Waals surface area contributed by atoms with Crippen molar-refractivity contribution in [1.82, 2.24) is 0 Å². The van der Waals surface area contributed by atoms with Gasteiger partial charge in [0.25, 0.3) is 0 Å². The number of phenolic OH excluding ortho intramolecular Hbond substituents is 6. The van der Waals surface area contributed by atoms with Gasteiger partial charge >= 0.3 is 0 Å². The minimum Gasteiger partial charge on any atom is -0.504 e. The molecule has 0 aliphatic heterocycles. The highest BCUT2D eigenvalue weighted by atomic mass is 16.5. The Balaban J connectivity index is 1.73. The van der Waals surface area contributed by atoms with Gasteiger partial charge in [-0.3, -0.25) is 4.79 Å². The van der Waals surface area contributed by atoms with Crippen LogP contribution in [-0.4, -0.2) is 79.1 Å². The van der Waals surface area contributed by atoms with E-state index >= 15 is 4.79 Å². The molecule has 0 saturated heterocycles. The van der Waals surface area contributed by atoms with Gasteiger partial charge < -0.3 is 59.1 Å². The number of methoxy groups -OCH3 is 6. The van der Waals surface area contributed by atoms with Crippen LogP contribution in [0.15, 0.2) is 109 Å². The lowest BCUT2D eigenvalue weighted by atomic mass is 9.57. The summed E-state index contributed by atoms with van der Waals surface area (Å²) in [5.41, 5.74) is 1.06. The molecular weight excluding hydrogens is 821 g/mol. The van der Waals surface area contributed by atoms with Crippen LogP contribution in [0.2, 0.25) is 0 Å². The van der Waals surface area contributed by atoms with E-state index in [0.717, 1.165) is 0 Å². The van der Waals surface area contributed by atoms with Crippen molar-refractivity contribution in [2.45, 2.75) is 38.5 Å². The van der Waals surface area contributed by atoms with Crippen molar-refractivity contribution in [3.05, 3.63) is 143 Å². The summed E-state index contributed by atoms with van der Waals surface area (Å²) < 4.78 is 33.4. The van der Waals surface area contributed by atoms with Gasteiger partial charge in [-0.2, -0.15) is 0 Å². The molecule has 336 valence electrons. The average molecular weight is 875 g/mol. The normalized spacial score (nSPS) is 11.5. The molecule has 13 nitrogen and oxygen atoms in total. The first kappa shape index (κ1) is 46.1. The van der Waals surface area contributed by atoms with Gasteiger partial charge in [0.15, 0.2) is 69.0 Å². The summed E-state index contributed by atoms with van der Waals surface area (Å²) >= 11 is 0. The molecule has 0 fully saturated rings. The molecule has 0 saturated carbocycles. The lowest BCUT2D eigenvalue weighted by Gasteiger charge is -2.44. The van der Waals surface area contributed by atoms with Gasteiger partial charge in [0, 0.05) is 10.8 Å². The van der Waals surface area contributed by atoms with E-state index in [1.165, 1.54) is 79.1 Å². The van der Waals surface area contributed by atoms with Gasteiger partial charge in [0.05, 0.1) is 42.7 Å². The van der Waals surface area contributed by atoms with Crippen molar-refractivity contribution < 1.29 is 63.9 Å². The van der Waals surface area contributed by atoms with Crippen LogP contribution in [0.4, 0.5) is 0 Å². The SMILES string of the molecule is COc1cc(CC(Cc2ccc(O)c(OC)c2)(Cc2ccc(O)c(OC)c2)C(=O)C(Cc2ccc(O)c(OC)c2)(Cc2ccc(O)c(OC)c2)Cc2ccc(O)c(OC)c2)ccc1O. The number of rotatable bonds is 20. The quantitative estimate of drug-likeness (QED) is 0.0430. The number of Topliss-reactive ketones (excluding diaryl/α,β-unsaturated/α-hetero) is 1. The number of carbonyl (C=O) groups excluding carboxylic acids is 1. The summed E-state index contributed by atoms with van der Waals surface area (Å²) in [6, 6.07) is 29.6. The first-order chi connectivity index (χ1) is 30.7. The van der Waals surface area contributed by atoms with E-state index in [4.69, 9.17) is 28.4 Å². The second-order valence-electron chi connectivity index (χ2n) is 16.0. The van der Waals surface area contributed by atoms with E-state index in [0.29, 0.717) is 33.4 Å². The van der Waals surface area contributed by atoms with Gasteiger partial charge in [0.2, 0.25) is 0 Å². The molecule has 0 bridgehead atoms. The Bertz CT molecular complexity index is 2160. The van der Waals surface area contributed by atoms with E-state index in [2.05, 4.69) is 0 Å². The van der Waals surface area contributed by atoms with E-state index < -0.39 is 10.8 Å². The van der Waals surface area contributed by atoms with Gasteiger partial charge in [-0.25, -0.2) is 0 Å². The van der Waals surface area contributed by atoms with E-state index in [-0.39, 0.29) is 113 Å². The third kappa shape index (κ3) is 10.1. The maximum absolute atomic E-state index is 17.2. The molecule has 0 amide bonds. The standard InChI is InChI=1S/C51H54O13/c1-59-43-19-31(7-13-37(43)52)25-50(26-32-8-14-38(53)44(20-32)60-2,27-33-9-15-39(54)45(21-33)61-3)49(58)51(28-34-10-16-40(55)46(22-34)62-4,29-35-11-17-41(56)47(23-35)63-5)30-36-12-18-42(57)48(24-36)64-6/h7-24,52-57H,25-30H2,1-6H3. The van der Waals surface area contributed by atoms with Gasteiger partial charge in [-0.05, 0) is 145 Å². The van der Waals surface area contributed by atoms with Crippen molar-refractivity contribution >= 4 is 5.78 Å². The first-order valence-corrected chi connectivity index (χ1v) is 20.4. The fourth-order valence-electron chi connectivity index (χ4n) is 8.76. The van der Waals surface area contributed by atoms with Gasteiger partial charge in [-0.15, -0.1) is 0 Å². The molecule has 6 aromatic rings. The molecule has 64 heavy (non-hydrogen) atoms. The smallest absolute Gasteiger partial charge is 0.160 e. The van der Waals surface area contributed by atoms with Crippen LogP contribution < -0.4 is 28.4 Å². The van der Waals surface area contributed by atoms with Crippen LogP contribution in [0.5, 0.6) is 69.0 Å². The zero-order valence-electron chi connectivity index (χ0n) is 36.7. The number of carbonyl (C=O) groups is 1. The molecule has 0 spiro atoms. The lowest BCUT2D eigenvalue weighted by Crippen LogP contribution is -2.51. The Kier molecular flexibility index (Phi) is 14.2.